The van der Waals surface area contributed by atoms with E-state index in [1.807, 2.05) is 0 Å². The number of amides is 2. The number of anilines is 1. The molecule has 2 N–H and O–H groups in total. The lowest BCUT2D eigenvalue weighted by atomic mass is 9.95. The number of alkyl halides is 1. The number of rotatable bonds is 5. The van der Waals surface area contributed by atoms with E-state index in [-0.39, 0.29) is 30.2 Å². The Morgan fingerprint density at radius 3 is 2.57 bits per heavy atom. The molecule has 0 atom stereocenters. The quantitative estimate of drug-likeness (QED) is 0.820. The standard InChI is InChI=1S/C16H21ClN2O2/c17-11-10-15(20)19-14-9-5-4-8-13(14)16(21)18-12-6-2-1-3-7-12/h4-5,8-9,12H,1-3,6-7,10-11H2,(H,18,21)(H,19,20). The number of halogens is 1. The van der Waals surface area contributed by atoms with Gasteiger partial charge in [0.2, 0.25) is 5.91 Å². The van der Waals surface area contributed by atoms with Gasteiger partial charge in [0.15, 0.2) is 0 Å². The lowest BCUT2D eigenvalue weighted by molar-refractivity contribution is -0.115. The summed E-state index contributed by atoms with van der Waals surface area (Å²) in [6.07, 6.45) is 5.88. The zero-order valence-electron chi connectivity index (χ0n) is 12.0. The Labute approximate surface area is 130 Å². The highest BCUT2D eigenvalue weighted by molar-refractivity contribution is 6.19. The molecule has 0 heterocycles. The number of hydrogen-bond acceptors (Lipinski definition) is 2. The molecule has 0 spiro atoms. The molecule has 2 rings (SSSR count). The van der Waals surface area contributed by atoms with Crippen molar-refractivity contribution in [2.24, 2.45) is 0 Å². The second-order valence-corrected chi connectivity index (χ2v) is 5.72. The van der Waals surface area contributed by atoms with Crippen LogP contribution in [0.5, 0.6) is 0 Å². The van der Waals surface area contributed by atoms with Crippen molar-refractivity contribution in [1.29, 1.82) is 0 Å². The summed E-state index contributed by atoms with van der Waals surface area (Å²) in [6.45, 7) is 0. The summed E-state index contributed by atoms with van der Waals surface area (Å²) in [6, 6.07) is 7.31. The van der Waals surface area contributed by atoms with E-state index in [9.17, 15) is 9.59 Å². The van der Waals surface area contributed by atoms with Gasteiger partial charge in [-0.3, -0.25) is 9.59 Å². The van der Waals surface area contributed by atoms with Crippen LogP contribution in [0.4, 0.5) is 5.69 Å². The maximum atomic E-state index is 12.4. The molecule has 1 aromatic carbocycles. The van der Waals surface area contributed by atoms with Gasteiger partial charge < -0.3 is 10.6 Å². The first-order valence-corrected chi connectivity index (χ1v) is 8.00. The molecule has 114 valence electrons. The Hall–Kier alpha value is -1.55. The highest BCUT2D eigenvalue weighted by Gasteiger charge is 2.18. The fourth-order valence-corrected chi connectivity index (χ4v) is 2.77. The first-order chi connectivity index (χ1) is 10.2. The van der Waals surface area contributed by atoms with Crippen molar-refractivity contribution < 1.29 is 9.59 Å². The van der Waals surface area contributed by atoms with Crippen LogP contribution in [0.2, 0.25) is 0 Å². The van der Waals surface area contributed by atoms with E-state index < -0.39 is 0 Å². The molecule has 1 saturated carbocycles. The molecule has 0 unspecified atom stereocenters. The van der Waals surface area contributed by atoms with E-state index in [0.717, 1.165) is 12.8 Å². The fraction of sp³-hybridized carbons (Fsp3) is 0.500. The van der Waals surface area contributed by atoms with Crippen molar-refractivity contribution in [3.05, 3.63) is 29.8 Å². The average Bonchev–Trinajstić information content (AvgIpc) is 2.49. The Bertz CT molecular complexity index is 499. The minimum absolute atomic E-state index is 0.122. The van der Waals surface area contributed by atoms with Gasteiger partial charge >= 0.3 is 0 Å². The summed E-state index contributed by atoms with van der Waals surface area (Å²) in [5, 5.41) is 5.81. The number of benzene rings is 1. The van der Waals surface area contributed by atoms with Gasteiger partial charge in [-0.25, -0.2) is 0 Å². The second kappa shape index (κ2) is 8.03. The van der Waals surface area contributed by atoms with Gasteiger partial charge in [-0.05, 0) is 25.0 Å². The normalized spacial score (nSPS) is 15.5. The molecule has 5 heteroatoms. The molecule has 1 aliphatic rings. The van der Waals surface area contributed by atoms with Gasteiger partial charge in [-0.1, -0.05) is 31.4 Å². The van der Waals surface area contributed by atoms with Crippen LogP contribution < -0.4 is 10.6 Å². The average molecular weight is 309 g/mol. The van der Waals surface area contributed by atoms with Crippen LogP contribution in [0.3, 0.4) is 0 Å². The summed E-state index contributed by atoms with van der Waals surface area (Å²) < 4.78 is 0. The highest BCUT2D eigenvalue weighted by atomic mass is 35.5. The van der Waals surface area contributed by atoms with Crippen molar-refractivity contribution in [2.45, 2.75) is 44.6 Å². The minimum Gasteiger partial charge on any atom is -0.349 e. The van der Waals surface area contributed by atoms with E-state index in [1.54, 1.807) is 24.3 Å². The van der Waals surface area contributed by atoms with Crippen LogP contribution in [0.15, 0.2) is 24.3 Å². The van der Waals surface area contributed by atoms with E-state index in [4.69, 9.17) is 11.6 Å². The zero-order chi connectivity index (χ0) is 15.1. The topological polar surface area (TPSA) is 58.2 Å². The number of hydrogen-bond donors (Lipinski definition) is 2. The second-order valence-electron chi connectivity index (χ2n) is 5.34. The molecule has 1 aromatic rings. The van der Waals surface area contributed by atoms with Crippen LogP contribution in [-0.4, -0.2) is 23.7 Å². The first-order valence-electron chi connectivity index (χ1n) is 7.46. The molecular formula is C16H21ClN2O2. The maximum absolute atomic E-state index is 12.4. The molecule has 21 heavy (non-hydrogen) atoms. The van der Waals surface area contributed by atoms with Gasteiger partial charge in [0, 0.05) is 18.3 Å². The Kier molecular flexibility index (Phi) is 6.05. The van der Waals surface area contributed by atoms with Gasteiger partial charge in [0.25, 0.3) is 5.91 Å². The first kappa shape index (κ1) is 15.8. The summed E-state index contributed by atoms with van der Waals surface area (Å²) >= 11 is 5.55. The van der Waals surface area contributed by atoms with Gasteiger partial charge in [0.1, 0.15) is 0 Å². The molecular weight excluding hydrogens is 288 g/mol. The molecule has 0 aliphatic heterocycles. The van der Waals surface area contributed by atoms with E-state index in [2.05, 4.69) is 10.6 Å². The van der Waals surface area contributed by atoms with E-state index in [0.29, 0.717) is 11.3 Å². The molecule has 1 fully saturated rings. The van der Waals surface area contributed by atoms with Crippen LogP contribution in [0.1, 0.15) is 48.9 Å². The molecule has 0 aromatic heterocycles. The molecule has 1 aliphatic carbocycles. The third-order valence-corrected chi connectivity index (χ3v) is 3.90. The monoisotopic (exact) mass is 308 g/mol. The highest BCUT2D eigenvalue weighted by Crippen LogP contribution is 2.20. The predicted octanol–water partition coefficient (Wildman–Crippen LogP) is 3.32. The van der Waals surface area contributed by atoms with Crippen LogP contribution in [0.25, 0.3) is 0 Å². The Balaban J connectivity index is 2.03. The van der Waals surface area contributed by atoms with Crippen molar-refractivity contribution in [3.63, 3.8) is 0 Å². The lowest BCUT2D eigenvalue weighted by Gasteiger charge is -2.23. The zero-order valence-corrected chi connectivity index (χ0v) is 12.8. The number of nitrogens with one attached hydrogen (secondary N) is 2. The van der Waals surface area contributed by atoms with Gasteiger partial charge in [-0.15, -0.1) is 11.6 Å². The Morgan fingerprint density at radius 2 is 1.86 bits per heavy atom. The summed E-state index contributed by atoms with van der Waals surface area (Å²) in [5.74, 6) is -0.0333. The molecule has 0 radical (unpaired) electrons. The molecule has 0 bridgehead atoms. The van der Waals surface area contributed by atoms with Gasteiger partial charge in [-0.2, -0.15) is 0 Å². The summed E-state index contributed by atoms with van der Waals surface area (Å²) in [4.78, 5) is 24.0. The predicted molar refractivity (Wildman–Crippen MR) is 84.7 cm³/mol. The van der Waals surface area contributed by atoms with Crippen LogP contribution >= 0.6 is 11.6 Å². The smallest absolute Gasteiger partial charge is 0.253 e. The SMILES string of the molecule is O=C(CCCl)Nc1ccccc1C(=O)NC1CCCCC1. The minimum atomic E-state index is -0.178. The lowest BCUT2D eigenvalue weighted by Crippen LogP contribution is -2.36. The Morgan fingerprint density at radius 1 is 1.14 bits per heavy atom. The number of carbonyl (C=O) groups excluding carboxylic acids is 2. The molecule has 0 saturated heterocycles. The van der Waals surface area contributed by atoms with E-state index in [1.165, 1.54) is 19.3 Å². The van der Waals surface area contributed by atoms with Crippen molar-refractivity contribution in [1.82, 2.24) is 5.32 Å². The third kappa shape index (κ3) is 4.74. The maximum Gasteiger partial charge on any atom is 0.253 e. The van der Waals surface area contributed by atoms with E-state index >= 15 is 0 Å². The number of para-hydroxylation sites is 1. The van der Waals surface area contributed by atoms with Crippen LogP contribution in [-0.2, 0) is 4.79 Å². The summed E-state index contributed by atoms with van der Waals surface area (Å²) in [7, 11) is 0. The fourth-order valence-electron chi connectivity index (χ4n) is 2.60. The molecule has 4 nitrogen and oxygen atoms in total. The van der Waals surface area contributed by atoms with Crippen molar-refractivity contribution in [2.75, 3.05) is 11.2 Å². The van der Waals surface area contributed by atoms with Crippen molar-refractivity contribution in [3.8, 4) is 0 Å². The third-order valence-electron chi connectivity index (χ3n) is 3.71. The van der Waals surface area contributed by atoms with Crippen LogP contribution in [0, 0.1) is 0 Å². The van der Waals surface area contributed by atoms with Gasteiger partial charge in [0.05, 0.1) is 11.3 Å². The summed E-state index contributed by atoms with van der Waals surface area (Å²) in [5.41, 5.74) is 1.05. The number of carbonyl (C=O) groups is 2. The van der Waals surface area contributed by atoms with Crippen molar-refractivity contribution >= 4 is 29.1 Å². The largest absolute Gasteiger partial charge is 0.349 e. The molecule has 2 amide bonds.